The van der Waals surface area contributed by atoms with Crippen molar-refractivity contribution in [2.24, 2.45) is 0 Å². The van der Waals surface area contributed by atoms with Crippen LogP contribution in [-0.4, -0.2) is 37.6 Å². The van der Waals surface area contributed by atoms with Crippen LogP contribution in [0.2, 0.25) is 0 Å². The zero-order chi connectivity index (χ0) is 14.8. The number of halogens is 2. The van der Waals surface area contributed by atoms with Crippen molar-refractivity contribution in [2.75, 3.05) is 18.1 Å². The van der Waals surface area contributed by atoms with Crippen LogP contribution in [0, 0.1) is 11.6 Å². The average Bonchev–Trinajstić information content (AvgIpc) is 2.38. The second-order valence-electron chi connectivity index (χ2n) is 5.04. The fourth-order valence-corrected chi connectivity index (χ4v) is 4.01. The van der Waals surface area contributed by atoms with Gasteiger partial charge in [-0.1, -0.05) is 0 Å². The molecule has 0 bridgehead atoms. The molecule has 1 aliphatic heterocycles. The Balaban J connectivity index is 1.95. The third-order valence-electron chi connectivity index (χ3n) is 3.38. The zero-order valence-corrected chi connectivity index (χ0v) is 11.7. The molecule has 0 aliphatic carbocycles. The van der Waals surface area contributed by atoms with E-state index in [0.29, 0.717) is 12.8 Å². The van der Waals surface area contributed by atoms with E-state index in [4.69, 9.17) is 0 Å². The largest absolute Gasteiger partial charge is 0.387 e. The van der Waals surface area contributed by atoms with Crippen LogP contribution in [-0.2, 0) is 9.84 Å². The molecule has 1 aromatic rings. The molecule has 0 saturated carbocycles. The summed E-state index contributed by atoms with van der Waals surface area (Å²) in [4.78, 5) is 0. The number of sulfone groups is 1. The van der Waals surface area contributed by atoms with E-state index in [9.17, 15) is 22.3 Å². The van der Waals surface area contributed by atoms with Crippen LogP contribution < -0.4 is 5.32 Å². The Morgan fingerprint density at radius 2 is 2.15 bits per heavy atom. The maximum Gasteiger partial charge on any atom is 0.151 e. The first-order valence-corrected chi connectivity index (χ1v) is 8.26. The summed E-state index contributed by atoms with van der Waals surface area (Å²) in [7, 11) is -3.04. The van der Waals surface area contributed by atoms with Gasteiger partial charge in [-0.3, -0.25) is 0 Å². The number of aliphatic hydroxyl groups excluding tert-OH is 1. The summed E-state index contributed by atoms with van der Waals surface area (Å²) >= 11 is 0. The Hall–Kier alpha value is -1.05. The van der Waals surface area contributed by atoms with E-state index in [2.05, 4.69) is 5.32 Å². The third-order valence-corrected chi connectivity index (χ3v) is 5.20. The number of hydrogen-bond donors (Lipinski definition) is 2. The van der Waals surface area contributed by atoms with Gasteiger partial charge in [-0.15, -0.1) is 0 Å². The van der Waals surface area contributed by atoms with Gasteiger partial charge >= 0.3 is 0 Å². The highest BCUT2D eigenvalue weighted by molar-refractivity contribution is 7.91. The van der Waals surface area contributed by atoms with Gasteiger partial charge in [-0.25, -0.2) is 17.2 Å². The molecule has 7 heteroatoms. The number of benzene rings is 1. The molecule has 0 aromatic heterocycles. The topological polar surface area (TPSA) is 66.4 Å². The van der Waals surface area contributed by atoms with Gasteiger partial charge in [0.05, 0.1) is 17.6 Å². The van der Waals surface area contributed by atoms with Gasteiger partial charge in [-0.05, 0) is 31.0 Å². The van der Waals surface area contributed by atoms with Gasteiger partial charge in [0.1, 0.15) is 11.6 Å². The fraction of sp³-hybridized carbons (Fsp3) is 0.538. The summed E-state index contributed by atoms with van der Waals surface area (Å²) in [6.45, 7) is -0.0133. The third kappa shape index (κ3) is 3.97. The lowest BCUT2D eigenvalue weighted by molar-refractivity contribution is 0.165. The fourth-order valence-electron chi connectivity index (χ4n) is 2.34. The van der Waals surface area contributed by atoms with Gasteiger partial charge < -0.3 is 10.4 Å². The van der Waals surface area contributed by atoms with Crippen molar-refractivity contribution in [1.29, 1.82) is 0 Å². The highest BCUT2D eigenvalue weighted by Gasteiger charge is 2.25. The molecule has 1 aliphatic rings. The molecule has 1 aromatic carbocycles. The predicted octanol–water partition coefficient (Wildman–Crippen LogP) is 1.17. The first-order chi connectivity index (χ1) is 9.37. The van der Waals surface area contributed by atoms with E-state index < -0.39 is 27.6 Å². The molecule has 1 fully saturated rings. The quantitative estimate of drug-likeness (QED) is 0.876. The van der Waals surface area contributed by atoms with Crippen molar-refractivity contribution in [3.05, 3.63) is 35.4 Å². The first kappa shape index (κ1) is 15.3. The monoisotopic (exact) mass is 305 g/mol. The number of aliphatic hydroxyl groups is 1. The molecule has 1 saturated heterocycles. The van der Waals surface area contributed by atoms with Crippen LogP contribution in [0.1, 0.15) is 24.5 Å². The van der Waals surface area contributed by atoms with Crippen molar-refractivity contribution in [3.8, 4) is 0 Å². The van der Waals surface area contributed by atoms with Gasteiger partial charge in [-0.2, -0.15) is 0 Å². The molecule has 20 heavy (non-hydrogen) atoms. The summed E-state index contributed by atoms with van der Waals surface area (Å²) in [5.74, 6) is -1.10. The van der Waals surface area contributed by atoms with Gasteiger partial charge in [0.25, 0.3) is 0 Å². The van der Waals surface area contributed by atoms with E-state index in [1.807, 2.05) is 0 Å². The van der Waals surface area contributed by atoms with Crippen molar-refractivity contribution in [1.82, 2.24) is 5.32 Å². The van der Waals surface area contributed by atoms with Crippen LogP contribution in [0.15, 0.2) is 18.2 Å². The lowest BCUT2D eigenvalue weighted by atomic mass is 10.1. The van der Waals surface area contributed by atoms with E-state index in [1.165, 1.54) is 0 Å². The van der Waals surface area contributed by atoms with E-state index in [-0.39, 0.29) is 29.7 Å². The summed E-state index contributed by atoms with van der Waals surface area (Å²) < 4.78 is 49.4. The summed E-state index contributed by atoms with van der Waals surface area (Å²) in [5.41, 5.74) is -0.129. The van der Waals surface area contributed by atoms with Crippen LogP contribution in [0.25, 0.3) is 0 Å². The smallest absolute Gasteiger partial charge is 0.151 e. The SMILES string of the molecule is O=S1(=O)CCCC(NCC(O)c2cc(F)ccc2F)C1. The molecule has 0 spiro atoms. The molecule has 4 nitrogen and oxygen atoms in total. The minimum absolute atomic E-state index is 0.0133. The lowest BCUT2D eigenvalue weighted by Crippen LogP contribution is -2.41. The molecular weight excluding hydrogens is 288 g/mol. The van der Waals surface area contributed by atoms with Gasteiger partial charge in [0, 0.05) is 18.2 Å². The van der Waals surface area contributed by atoms with Crippen LogP contribution in [0.5, 0.6) is 0 Å². The Kier molecular flexibility index (Phi) is 4.72. The molecule has 1 heterocycles. The normalized spacial score (nSPS) is 23.4. The lowest BCUT2D eigenvalue weighted by Gasteiger charge is -2.24. The molecular formula is C13H17F2NO3S. The number of nitrogens with one attached hydrogen (secondary N) is 1. The van der Waals surface area contributed by atoms with E-state index in [0.717, 1.165) is 18.2 Å². The zero-order valence-electron chi connectivity index (χ0n) is 10.9. The molecule has 2 unspecified atom stereocenters. The minimum atomic E-state index is -3.04. The summed E-state index contributed by atoms with van der Waals surface area (Å²) in [5, 5.41) is 12.8. The second kappa shape index (κ2) is 6.15. The number of hydrogen-bond acceptors (Lipinski definition) is 4. The van der Waals surface area contributed by atoms with E-state index in [1.54, 1.807) is 0 Å². The standard InChI is InChI=1S/C13H17F2NO3S/c14-9-3-4-12(15)11(6-9)13(17)7-16-10-2-1-5-20(18,19)8-10/h3-4,6,10,13,16-17H,1-2,5,7-8H2. The Labute approximate surface area is 116 Å². The van der Waals surface area contributed by atoms with E-state index >= 15 is 0 Å². The van der Waals surface area contributed by atoms with Gasteiger partial charge in [0.15, 0.2) is 9.84 Å². The highest BCUT2D eigenvalue weighted by atomic mass is 32.2. The predicted molar refractivity (Wildman–Crippen MR) is 71.0 cm³/mol. The summed E-state index contributed by atoms with van der Waals surface area (Å²) in [6.07, 6.45) is 0.0532. The molecule has 2 atom stereocenters. The molecule has 112 valence electrons. The Morgan fingerprint density at radius 3 is 2.85 bits per heavy atom. The molecule has 0 radical (unpaired) electrons. The highest BCUT2D eigenvalue weighted by Crippen LogP contribution is 2.19. The van der Waals surface area contributed by atoms with Crippen molar-refractivity contribution in [3.63, 3.8) is 0 Å². The summed E-state index contributed by atoms with van der Waals surface area (Å²) in [6, 6.07) is 2.63. The van der Waals surface area contributed by atoms with Crippen molar-refractivity contribution >= 4 is 9.84 Å². The molecule has 2 rings (SSSR count). The second-order valence-corrected chi connectivity index (χ2v) is 7.27. The van der Waals surface area contributed by atoms with Crippen LogP contribution in [0.3, 0.4) is 0 Å². The molecule has 2 N–H and O–H groups in total. The molecule has 0 amide bonds. The average molecular weight is 305 g/mol. The number of rotatable bonds is 4. The van der Waals surface area contributed by atoms with Gasteiger partial charge in [0.2, 0.25) is 0 Å². The maximum absolute atomic E-state index is 13.5. The van der Waals surface area contributed by atoms with Crippen molar-refractivity contribution < 1.29 is 22.3 Å². The Morgan fingerprint density at radius 1 is 1.40 bits per heavy atom. The minimum Gasteiger partial charge on any atom is -0.387 e. The Bertz CT molecular complexity index is 577. The van der Waals surface area contributed by atoms with Crippen LogP contribution in [0.4, 0.5) is 8.78 Å². The van der Waals surface area contributed by atoms with Crippen molar-refractivity contribution in [2.45, 2.75) is 25.0 Å². The first-order valence-electron chi connectivity index (χ1n) is 6.44. The van der Waals surface area contributed by atoms with Crippen LogP contribution >= 0.6 is 0 Å². The maximum atomic E-state index is 13.5.